The summed E-state index contributed by atoms with van der Waals surface area (Å²) >= 11 is 0. The lowest BCUT2D eigenvalue weighted by molar-refractivity contribution is 0.576. The quantitative estimate of drug-likeness (QED) is 0.859. The molecular formula is C14H21N3O2S. The number of unbranched alkanes of at least 4 members (excludes halogenated alkanes) is 1. The van der Waals surface area contributed by atoms with E-state index in [4.69, 9.17) is 0 Å². The van der Waals surface area contributed by atoms with E-state index in [1.165, 1.54) is 5.56 Å². The summed E-state index contributed by atoms with van der Waals surface area (Å²) in [7, 11) is -3.21. The first-order valence-corrected chi connectivity index (χ1v) is 8.50. The Morgan fingerprint density at radius 3 is 2.75 bits per heavy atom. The summed E-state index contributed by atoms with van der Waals surface area (Å²) in [6, 6.07) is 4.00. The van der Waals surface area contributed by atoms with Gasteiger partial charge < -0.3 is 4.98 Å². The molecule has 110 valence electrons. The monoisotopic (exact) mass is 295 g/mol. The molecule has 6 heteroatoms. The van der Waals surface area contributed by atoms with E-state index in [0.29, 0.717) is 12.2 Å². The zero-order valence-corrected chi connectivity index (χ0v) is 13.0. The number of sulfonamides is 1. The van der Waals surface area contributed by atoms with Crippen molar-refractivity contribution in [2.45, 2.75) is 40.2 Å². The van der Waals surface area contributed by atoms with Gasteiger partial charge in [0.25, 0.3) is 0 Å². The third-order valence-electron chi connectivity index (χ3n) is 3.45. The third kappa shape index (κ3) is 3.37. The highest BCUT2D eigenvalue weighted by Crippen LogP contribution is 2.19. The van der Waals surface area contributed by atoms with E-state index in [2.05, 4.69) is 14.7 Å². The van der Waals surface area contributed by atoms with E-state index in [1.54, 1.807) is 0 Å². The van der Waals surface area contributed by atoms with Crippen LogP contribution in [0.15, 0.2) is 12.1 Å². The van der Waals surface area contributed by atoms with Gasteiger partial charge in [-0.3, -0.25) is 0 Å². The molecule has 0 radical (unpaired) electrons. The molecule has 0 atom stereocenters. The first-order chi connectivity index (χ1) is 9.43. The molecule has 0 saturated heterocycles. The van der Waals surface area contributed by atoms with Crippen LogP contribution in [0.5, 0.6) is 0 Å². The number of H-pyrrole nitrogens is 1. The van der Waals surface area contributed by atoms with Crippen LogP contribution in [0.4, 0.5) is 0 Å². The van der Waals surface area contributed by atoms with E-state index >= 15 is 0 Å². The molecule has 0 aliphatic carbocycles. The number of hydrogen-bond acceptors (Lipinski definition) is 3. The Hall–Kier alpha value is -1.40. The van der Waals surface area contributed by atoms with Crippen LogP contribution < -0.4 is 4.72 Å². The van der Waals surface area contributed by atoms with Gasteiger partial charge in [-0.1, -0.05) is 19.4 Å². The molecule has 1 aromatic carbocycles. The van der Waals surface area contributed by atoms with Crippen LogP contribution in [0, 0.1) is 13.8 Å². The molecule has 0 amide bonds. The minimum atomic E-state index is -3.21. The summed E-state index contributed by atoms with van der Waals surface area (Å²) in [5, 5.41) is 0. The number of benzene rings is 1. The van der Waals surface area contributed by atoms with E-state index in [0.717, 1.165) is 23.0 Å². The molecule has 0 unspecified atom stereocenters. The predicted octanol–water partition coefficient (Wildman–Crippen LogP) is 2.40. The lowest BCUT2D eigenvalue weighted by Gasteiger charge is -2.03. The highest BCUT2D eigenvalue weighted by Gasteiger charge is 2.11. The average Bonchev–Trinajstić information content (AvgIpc) is 2.83. The lowest BCUT2D eigenvalue weighted by Crippen LogP contribution is -2.26. The number of hydrogen-bond donors (Lipinski definition) is 2. The molecule has 0 aliphatic heterocycles. The van der Waals surface area contributed by atoms with Gasteiger partial charge in [0, 0.05) is 0 Å². The minimum absolute atomic E-state index is 0.169. The summed E-state index contributed by atoms with van der Waals surface area (Å²) in [6.45, 7) is 6.24. The normalized spacial score (nSPS) is 12.2. The number of aromatic amines is 1. The van der Waals surface area contributed by atoms with Gasteiger partial charge in [-0.15, -0.1) is 0 Å². The van der Waals surface area contributed by atoms with Crippen molar-refractivity contribution < 1.29 is 8.42 Å². The number of imidazole rings is 1. The third-order valence-corrected chi connectivity index (χ3v) is 4.86. The zero-order valence-electron chi connectivity index (χ0n) is 12.2. The average molecular weight is 295 g/mol. The molecule has 0 fully saturated rings. The first-order valence-electron chi connectivity index (χ1n) is 6.85. The van der Waals surface area contributed by atoms with Crippen molar-refractivity contribution in [3.63, 3.8) is 0 Å². The molecule has 0 saturated carbocycles. The largest absolute Gasteiger partial charge is 0.341 e. The summed E-state index contributed by atoms with van der Waals surface area (Å²) in [5.41, 5.74) is 4.15. The van der Waals surface area contributed by atoms with Crippen molar-refractivity contribution in [1.29, 1.82) is 0 Å². The molecule has 2 rings (SSSR count). The van der Waals surface area contributed by atoms with Crippen LogP contribution in [-0.2, 0) is 16.6 Å². The van der Waals surface area contributed by atoms with Gasteiger partial charge in [0.15, 0.2) is 0 Å². The molecule has 0 spiro atoms. The fourth-order valence-electron chi connectivity index (χ4n) is 2.03. The van der Waals surface area contributed by atoms with Gasteiger partial charge in [0.2, 0.25) is 10.0 Å². The Balaban J connectivity index is 2.13. The summed E-state index contributed by atoms with van der Waals surface area (Å²) < 4.78 is 26.1. The second-order valence-electron chi connectivity index (χ2n) is 5.08. The molecule has 1 heterocycles. The number of nitrogens with one attached hydrogen (secondary N) is 2. The number of aryl methyl sites for hydroxylation is 2. The van der Waals surface area contributed by atoms with E-state index in [9.17, 15) is 8.42 Å². The molecule has 0 bridgehead atoms. The van der Waals surface area contributed by atoms with Gasteiger partial charge in [0.1, 0.15) is 5.82 Å². The predicted molar refractivity (Wildman–Crippen MR) is 81.1 cm³/mol. The highest BCUT2D eigenvalue weighted by molar-refractivity contribution is 7.89. The number of aromatic nitrogens is 2. The maximum atomic E-state index is 11.7. The van der Waals surface area contributed by atoms with Crippen LogP contribution in [0.2, 0.25) is 0 Å². The van der Waals surface area contributed by atoms with E-state index in [1.807, 2.05) is 32.9 Å². The fraction of sp³-hybridized carbons (Fsp3) is 0.500. The first kappa shape index (κ1) is 15.0. The molecule has 0 aliphatic rings. The van der Waals surface area contributed by atoms with E-state index < -0.39 is 10.0 Å². The maximum Gasteiger partial charge on any atom is 0.212 e. The standard InChI is InChI=1S/C14H21N3O2S/c1-4-5-8-20(18,19)15-9-13-16-12-7-6-10(2)11(3)14(12)17-13/h6-7,15H,4-5,8-9H2,1-3H3,(H,16,17). The highest BCUT2D eigenvalue weighted by atomic mass is 32.2. The number of fused-ring (bicyclic) bond motifs is 1. The van der Waals surface area contributed by atoms with Crippen molar-refractivity contribution in [2.24, 2.45) is 0 Å². The number of nitrogens with zero attached hydrogens (tertiary/aromatic N) is 1. The van der Waals surface area contributed by atoms with Crippen molar-refractivity contribution in [3.8, 4) is 0 Å². The molecule has 20 heavy (non-hydrogen) atoms. The Morgan fingerprint density at radius 1 is 1.30 bits per heavy atom. The lowest BCUT2D eigenvalue weighted by atomic mass is 10.1. The molecule has 2 aromatic rings. The topological polar surface area (TPSA) is 74.8 Å². The second kappa shape index (κ2) is 5.93. The van der Waals surface area contributed by atoms with Crippen molar-refractivity contribution >= 4 is 21.1 Å². The van der Waals surface area contributed by atoms with Crippen molar-refractivity contribution in [3.05, 3.63) is 29.1 Å². The van der Waals surface area contributed by atoms with Crippen molar-refractivity contribution in [2.75, 3.05) is 5.75 Å². The van der Waals surface area contributed by atoms with Gasteiger partial charge in [0.05, 0.1) is 23.3 Å². The summed E-state index contributed by atoms with van der Waals surface area (Å²) in [5.74, 6) is 0.816. The van der Waals surface area contributed by atoms with Gasteiger partial charge >= 0.3 is 0 Å². The Labute approximate surface area is 119 Å². The molecule has 1 aromatic heterocycles. The van der Waals surface area contributed by atoms with Crippen LogP contribution in [0.3, 0.4) is 0 Å². The fourth-order valence-corrected chi connectivity index (χ4v) is 3.20. The van der Waals surface area contributed by atoms with Crippen molar-refractivity contribution in [1.82, 2.24) is 14.7 Å². The van der Waals surface area contributed by atoms with Gasteiger partial charge in [-0.25, -0.2) is 18.1 Å². The Bertz CT molecular complexity index is 705. The minimum Gasteiger partial charge on any atom is -0.341 e. The van der Waals surface area contributed by atoms with Crippen LogP contribution in [0.1, 0.15) is 36.7 Å². The molecule has 2 N–H and O–H groups in total. The summed E-state index contributed by atoms with van der Waals surface area (Å²) in [4.78, 5) is 7.63. The van der Waals surface area contributed by atoms with E-state index in [-0.39, 0.29) is 12.3 Å². The maximum absolute atomic E-state index is 11.7. The Kier molecular flexibility index (Phi) is 4.45. The second-order valence-corrected chi connectivity index (χ2v) is 7.01. The van der Waals surface area contributed by atoms with Gasteiger partial charge in [-0.05, 0) is 37.5 Å². The van der Waals surface area contributed by atoms with Crippen LogP contribution in [0.25, 0.3) is 11.0 Å². The smallest absolute Gasteiger partial charge is 0.212 e. The van der Waals surface area contributed by atoms with Crippen LogP contribution in [-0.4, -0.2) is 24.1 Å². The summed E-state index contributed by atoms with van der Waals surface area (Å²) in [6.07, 6.45) is 1.54. The zero-order chi connectivity index (χ0) is 14.8. The van der Waals surface area contributed by atoms with Gasteiger partial charge in [-0.2, -0.15) is 0 Å². The molecule has 5 nitrogen and oxygen atoms in total. The van der Waals surface area contributed by atoms with Crippen LogP contribution >= 0.6 is 0 Å². The Morgan fingerprint density at radius 2 is 2.05 bits per heavy atom. The molecular weight excluding hydrogens is 274 g/mol. The number of rotatable bonds is 6. The SMILES string of the molecule is CCCCS(=O)(=O)NCc1nc2c(C)c(C)ccc2[nH]1.